The van der Waals surface area contributed by atoms with Gasteiger partial charge in [0.05, 0.1) is 5.56 Å². The lowest BCUT2D eigenvalue weighted by Gasteiger charge is -2.21. The first-order chi connectivity index (χ1) is 10.9. The minimum absolute atomic E-state index is 0.0170. The Kier molecular flexibility index (Phi) is 5.89. The van der Waals surface area contributed by atoms with E-state index in [1.807, 2.05) is 30.3 Å². The number of nitrogens with two attached hydrogens (primary N) is 2. The van der Waals surface area contributed by atoms with Crippen molar-refractivity contribution in [2.75, 3.05) is 19.6 Å². The van der Waals surface area contributed by atoms with Crippen molar-refractivity contribution in [2.45, 2.75) is 10.6 Å². The second-order valence-electron chi connectivity index (χ2n) is 5.02. The topological polar surface area (TPSA) is 106 Å². The van der Waals surface area contributed by atoms with Gasteiger partial charge < -0.3 is 10.6 Å². The minimum atomic E-state index is -3.79. The molecule has 0 aliphatic heterocycles. The molecule has 0 bridgehead atoms. The van der Waals surface area contributed by atoms with Gasteiger partial charge in [0, 0.05) is 25.0 Å². The summed E-state index contributed by atoms with van der Waals surface area (Å²) in [7, 11) is -3.79. The van der Waals surface area contributed by atoms with Crippen LogP contribution < -0.4 is 10.9 Å². The summed E-state index contributed by atoms with van der Waals surface area (Å²) in [6, 6.07) is 11.1. The molecule has 0 unspecified atom stereocenters. The van der Waals surface area contributed by atoms with Gasteiger partial charge in [0.15, 0.2) is 0 Å². The molecule has 0 fully saturated rings. The summed E-state index contributed by atoms with van der Waals surface area (Å²) < 4.78 is 22.6. The van der Waals surface area contributed by atoms with Crippen LogP contribution in [-0.2, 0) is 16.4 Å². The number of thiophene rings is 1. The van der Waals surface area contributed by atoms with Gasteiger partial charge in [-0.2, -0.15) is 0 Å². The lowest BCUT2D eigenvalue weighted by molar-refractivity contribution is 0.0762. The predicted molar refractivity (Wildman–Crippen MR) is 90.8 cm³/mol. The summed E-state index contributed by atoms with van der Waals surface area (Å²) in [6.45, 7) is 1.26. The Morgan fingerprint density at radius 3 is 2.43 bits per heavy atom. The standard InChI is InChI=1S/C15H19N3O3S2/c16-7-9-18(8-6-12-4-2-1-3-5-12)15(19)13-10-14(22-11-13)23(17,20)21/h1-5,10-11H,6-9,16H2,(H2,17,20,21). The van der Waals surface area contributed by atoms with E-state index >= 15 is 0 Å². The zero-order valence-corrected chi connectivity index (χ0v) is 14.1. The normalized spacial score (nSPS) is 11.4. The maximum absolute atomic E-state index is 12.5. The molecule has 1 aromatic heterocycles. The van der Waals surface area contributed by atoms with Crippen molar-refractivity contribution in [1.29, 1.82) is 0 Å². The summed E-state index contributed by atoms with van der Waals surface area (Å²) in [6.07, 6.45) is 0.707. The van der Waals surface area contributed by atoms with Crippen molar-refractivity contribution in [1.82, 2.24) is 4.90 Å². The van der Waals surface area contributed by atoms with Gasteiger partial charge in [-0.1, -0.05) is 30.3 Å². The van der Waals surface area contributed by atoms with Gasteiger partial charge >= 0.3 is 0 Å². The van der Waals surface area contributed by atoms with Gasteiger partial charge in [0.2, 0.25) is 10.0 Å². The van der Waals surface area contributed by atoms with Crippen molar-refractivity contribution in [3.8, 4) is 0 Å². The highest BCUT2D eigenvalue weighted by Crippen LogP contribution is 2.20. The molecule has 0 aliphatic rings. The number of carbonyl (C=O) groups excluding carboxylic acids is 1. The first-order valence-corrected chi connectivity index (χ1v) is 9.49. The Bertz CT molecular complexity index is 757. The lowest BCUT2D eigenvalue weighted by atomic mass is 10.1. The van der Waals surface area contributed by atoms with Crippen LogP contribution in [0, 0.1) is 0 Å². The summed E-state index contributed by atoms with van der Waals surface area (Å²) in [4.78, 5) is 14.2. The fourth-order valence-corrected chi connectivity index (χ4v) is 3.72. The Hall–Kier alpha value is -1.74. The van der Waals surface area contributed by atoms with Gasteiger partial charge in [-0.15, -0.1) is 11.3 Å². The van der Waals surface area contributed by atoms with Gasteiger partial charge in [-0.25, -0.2) is 13.6 Å². The van der Waals surface area contributed by atoms with E-state index in [9.17, 15) is 13.2 Å². The van der Waals surface area contributed by atoms with Crippen LogP contribution in [0.2, 0.25) is 0 Å². The van der Waals surface area contributed by atoms with Crippen molar-refractivity contribution in [3.63, 3.8) is 0 Å². The van der Waals surface area contributed by atoms with Gasteiger partial charge in [-0.3, -0.25) is 4.79 Å². The Labute approximate surface area is 139 Å². The zero-order valence-electron chi connectivity index (χ0n) is 12.5. The van der Waals surface area contributed by atoms with Gasteiger partial charge in [-0.05, 0) is 18.1 Å². The van der Waals surface area contributed by atoms with E-state index in [0.29, 0.717) is 31.6 Å². The number of hydrogen-bond donors (Lipinski definition) is 2. The van der Waals surface area contributed by atoms with Gasteiger partial charge in [0.25, 0.3) is 5.91 Å². The zero-order chi connectivity index (χ0) is 16.9. The second kappa shape index (κ2) is 7.69. The molecule has 1 heterocycles. The van der Waals surface area contributed by atoms with Crippen LogP contribution in [0.3, 0.4) is 0 Å². The van der Waals surface area contributed by atoms with Crippen LogP contribution in [0.5, 0.6) is 0 Å². The first kappa shape index (κ1) is 17.6. The van der Waals surface area contributed by atoms with Crippen LogP contribution in [-0.4, -0.2) is 38.9 Å². The molecule has 0 saturated carbocycles. The summed E-state index contributed by atoms with van der Waals surface area (Å²) in [5.41, 5.74) is 7.02. The molecule has 124 valence electrons. The number of benzene rings is 1. The van der Waals surface area contributed by atoms with Crippen LogP contribution in [0.1, 0.15) is 15.9 Å². The maximum Gasteiger partial charge on any atom is 0.254 e. The molecular weight excluding hydrogens is 334 g/mol. The van der Waals surface area contributed by atoms with E-state index in [0.717, 1.165) is 16.9 Å². The molecule has 2 aromatic rings. The van der Waals surface area contributed by atoms with E-state index in [-0.39, 0.29) is 10.1 Å². The van der Waals surface area contributed by atoms with E-state index < -0.39 is 10.0 Å². The van der Waals surface area contributed by atoms with Crippen molar-refractivity contribution in [2.24, 2.45) is 10.9 Å². The van der Waals surface area contributed by atoms with Gasteiger partial charge in [0.1, 0.15) is 4.21 Å². The van der Waals surface area contributed by atoms with E-state index in [1.54, 1.807) is 4.90 Å². The van der Waals surface area contributed by atoms with Crippen LogP contribution in [0.15, 0.2) is 46.0 Å². The molecule has 23 heavy (non-hydrogen) atoms. The van der Waals surface area contributed by atoms with Crippen molar-refractivity contribution >= 4 is 27.3 Å². The summed E-state index contributed by atoms with van der Waals surface area (Å²) in [5, 5.41) is 6.59. The Balaban J connectivity index is 2.10. The number of nitrogens with zero attached hydrogens (tertiary/aromatic N) is 1. The SMILES string of the molecule is NCCN(CCc1ccccc1)C(=O)c1csc(S(N)(=O)=O)c1. The van der Waals surface area contributed by atoms with E-state index in [2.05, 4.69) is 0 Å². The van der Waals surface area contributed by atoms with Crippen LogP contribution in [0.25, 0.3) is 0 Å². The number of rotatable bonds is 7. The Morgan fingerprint density at radius 2 is 1.87 bits per heavy atom. The molecule has 6 nitrogen and oxygen atoms in total. The quantitative estimate of drug-likeness (QED) is 0.775. The third-order valence-corrected chi connectivity index (χ3v) is 5.69. The second-order valence-corrected chi connectivity index (χ2v) is 7.72. The smallest absolute Gasteiger partial charge is 0.254 e. The largest absolute Gasteiger partial charge is 0.337 e. The molecule has 0 spiro atoms. The molecule has 0 saturated heterocycles. The van der Waals surface area contributed by atoms with Crippen molar-refractivity contribution in [3.05, 3.63) is 52.9 Å². The average Bonchev–Trinajstić information content (AvgIpc) is 3.02. The molecule has 0 aliphatic carbocycles. The molecule has 1 aromatic carbocycles. The monoisotopic (exact) mass is 353 g/mol. The molecule has 8 heteroatoms. The molecular formula is C15H19N3O3S2. The third kappa shape index (κ3) is 4.87. The fourth-order valence-electron chi connectivity index (χ4n) is 2.14. The fraction of sp³-hybridized carbons (Fsp3) is 0.267. The first-order valence-electron chi connectivity index (χ1n) is 7.06. The lowest BCUT2D eigenvalue weighted by Crippen LogP contribution is -2.36. The number of primary sulfonamides is 1. The number of amides is 1. The molecule has 4 N–H and O–H groups in total. The molecule has 2 rings (SSSR count). The highest BCUT2D eigenvalue weighted by molar-refractivity contribution is 7.91. The Morgan fingerprint density at radius 1 is 1.17 bits per heavy atom. The maximum atomic E-state index is 12.5. The minimum Gasteiger partial charge on any atom is -0.337 e. The molecule has 0 radical (unpaired) electrons. The number of hydrogen-bond acceptors (Lipinski definition) is 5. The predicted octanol–water partition coefficient (Wildman–Crippen LogP) is 1.04. The van der Waals surface area contributed by atoms with Crippen LogP contribution >= 0.6 is 11.3 Å². The molecule has 0 atom stereocenters. The van der Waals surface area contributed by atoms with Crippen molar-refractivity contribution < 1.29 is 13.2 Å². The van der Waals surface area contributed by atoms with Crippen LogP contribution in [0.4, 0.5) is 0 Å². The number of carbonyl (C=O) groups is 1. The summed E-state index contributed by atoms with van der Waals surface area (Å²) in [5.74, 6) is -0.238. The highest BCUT2D eigenvalue weighted by Gasteiger charge is 2.19. The molecule has 1 amide bonds. The van der Waals surface area contributed by atoms with E-state index in [4.69, 9.17) is 10.9 Å². The van der Waals surface area contributed by atoms with E-state index in [1.165, 1.54) is 11.4 Å². The average molecular weight is 353 g/mol. The third-order valence-electron chi connectivity index (χ3n) is 3.30. The number of sulfonamides is 1. The highest BCUT2D eigenvalue weighted by atomic mass is 32.2. The summed E-state index contributed by atoms with van der Waals surface area (Å²) >= 11 is 0.943.